The minimum atomic E-state index is 0.200. The van der Waals surface area contributed by atoms with Crippen molar-refractivity contribution in [2.45, 2.75) is 13.5 Å². The lowest BCUT2D eigenvalue weighted by atomic mass is 9.99. The molecular weight excluding hydrogens is 362 g/mol. The molecule has 0 fully saturated rings. The number of benzene rings is 2. The van der Waals surface area contributed by atoms with E-state index in [0.29, 0.717) is 23.4 Å². The third-order valence-corrected chi connectivity index (χ3v) is 4.70. The number of nitrogens with one attached hydrogen (secondary N) is 2. The number of phenolic OH excluding ortho intramolecular Hbond substituents is 1. The summed E-state index contributed by atoms with van der Waals surface area (Å²) in [5, 5.41) is 29.6. The number of hydrogen-bond donors (Lipinski definition) is 3. The summed E-state index contributed by atoms with van der Waals surface area (Å²) in [5.74, 6) is 0.940. The minimum absolute atomic E-state index is 0.200. The van der Waals surface area contributed by atoms with E-state index in [1.165, 1.54) is 0 Å². The number of anilines is 1. The molecule has 3 N–H and O–H groups in total. The smallest absolute Gasteiger partial charge is 0.126 e. The molecular formula is C23H19N5O. The molecule has 2 aromatic carbocycles. The molecule has 142 valence electrons. The van der Waals surface area contributed by atoms with Crippen molar-refractivity contribution in [3.8, 4) is 34.2 Å². The van der Waals surface area contributed by atoms with Gasteiger partial charge in [-0.2, -0.15) is 10.4 Å². The van der Waals surface area contributed by atoms with Crippen molar-refractivity contribution in [1.82, 2.24) is 15.2 Å². The van der Waals surface area contributed by atoms with Gasteiger partial charge in [-0.25, -0.2) is 4.98 Å². The van der Waals surface area contributed by atoms with Crippen molar-refractivity contribution in [3.63, 3.8) is 0 Å². The van der Waals surface area contributed by atoms with E-state index < -0.39 is 0 Å². The van der Waals surface area contributed by atoms with Crippen LogP contribution in [0.4, 0.5) is 5.82 Å². The Morgan fingerprint density at radius 1 is 1.07 bits per heavy atom. The molecule has 0 unspecified atom stereocenters. The Bertz CT molecular complexity index is 1210. The molecule has 2 heterocycles. The van der Waals surface area contributed by atoms with E-state index in [1.807, 2.05) is 55.5 Å². The summed E-state index contributed by atoms with van der Waals surface area (Å²) < 4.78 is 0. The molecule has 0 spiro atoms. The highest BCUT2D eigenvalue weighted by molar-refractivity contribution is 5.70. The number of rotatable bonds is 5. The Morgan fingerprint density at radius 3 is 2.72 bits per heavy atom. The van der Waals surface area contributed by atoms with Crippen LogP contribution in [-0.2, 0) is 6.54 Å². The molecule has 0 saturated heterocycles. The molecule has 0 radical (unpaired) electrons. The molecule has 6 nitrogen and oxygen atoms in total. The number of para-hydroxylation sites is 1. The third-order valence-electron chi connectivity index (χ3n) is 4.70. The summed E-state index contributed by atoms with van der Waals surface area (Å²) in [6, 6.07) is 20.8. The fraction of sp³-hybridized carbons (Fsp3) is 0.0870. The van der Waals surface area contributed by atoms with Crippen LogP contribution in [0.15, 0.2) is 66.9 Å². The van der Waals surface area contributed by atoms with Gasteiger partial charge in [0.05, 0.1) is 29.6 Å². The first-order chi connectivity index (χ1) is 14.1. The van der Waals surface area contributed by atoms with Crippen molar-refractivity contribution >= 4 is 5.82 Å². The van der Waals surface area contributed by atoms with Gasteiger partial charge in [-0.1, -0.05) is 18.2 Å². The number of aromatic amines is 1. The molecule has 0 aliphatic carbocycles. The molecule has 6 heteroatoms. The van der Waals surface area contributed by atoms with E-state index in [9.17, 15) is 5.11 Å². The van der Waals surface area contributed by atoms with E-state index >= 15 is 0 Å². The highest BCUT2D eigenvalue weighted by Crippen LogP contribution is 2.28. The maximum Gasteiger partial charge on any atom is 0.126 e. The summed E-state index contributed by atoms with van der Waals surface area (Å²) in [6.07, 6.45) is 1.76. The number of hydrogen-bond acceptors (Lipinski definition) is 5. The van der Waals surface area contributed by atoms with Gasteiger partial charge in [0, 0.05) is 11.8 Å². The topological polar surface area (TPSA) is 97.6 Å². The van der Waals surface area contributed by atoms with Gasteiger partial charge in [-0.05, 0) is 66.1 Å². The number of nitrogens with zero attached hydrogens (tertiary/aromatic N) is 3. The lowest BCUT2D eigenvalue weighted by Gasteiger charge is -2.09. The fourth-order valence-electron chi connectivity index (χ4n) is 3.22. The van der Waals surface area contributed by atoms with Crippen molar-refractivity contribution < 1.29 is 5.11 Å². The first-order valence-electron chi connectivity index (χ1n) is 9.18. The van der Waals surface area contributed by atoms with Crippen LogP contribution in [0.5, 0.6) is 5.75 Å². The fourth-order valence-corrected chi connectivity index (χ4v) is 3.22. The Hall–Kier alpha value is -4.11. The van der Waals surface area contributed by atoms with Gasteiger partial charge in [0.25, 0.3) is 0 Å². The predicted molar refractivity (Wildman–Crippen MR) is 112 cm³/mol. The van der Waals surface area contributed by atoms with Crippen molar-refractivity contribution in [2.75, 3.05) is 5.32 Å². The van der Waals surface area contributed by atoms with Crippen molar-refractivity contribution in [1.29, 1.82) is 5.26 Å². The normalized spacial score (nSPS) is 10.5. The van der Waals surface area contributed by atoms with Gasteiger partial charge in [0.2, 0.25) is 0 Å². The molecule has 0 aliphatic rings. The van der Waals surface area contributed by atoms with Gasteiger partial charge in [0.1, 0.15) is 11.6 Å². The molecule has 0 bridgehead atoms. The number of H-pyrrole nitrogens is 1. The van der Waals surface area contributed by atoms with Crippen LogP contribution in [0.1, 0.15) is 16.8 Å². The molecule has 4 aromatic rings. The quantitative estimate of drug-likeness (QED) is 0.468. The minimum Gasteiger partial charge on any atom is -0.507 e. The van der Waals surface area contributed by atoms with Crippen LogP contribution in [0.3, 0.4) is 0 Å². The number of phenols is 1. The molecule has 4 rings (SSSR count). The molecule has 2 aromatic heterocycles. The molecule has 0 saturated carbocycles. The van der Waals surface area contributed by atoms with Crippen LogP contribution >= 0.6 is 0 Å². The van der Waals surface area contributed by atoms with Crippen LogP contribution < -0.4 is 5.32 Å². The van der Waals surface area contributed by atoms with Gasteiger partial charge >= 0.3 is 0 Å². The van der Waals surface area contributed by atoms with Crippen molar-refractivity contribution in [2.24, 2.45) is 0 Å². The standard InChI is InChI=1S/C23H19N5O/c1-15-10-16(13-24)6-7-19(15)17-8-9-25-23(11-17)26-14-18-12-21(28-27-18)20-4-2-3-5-22(20)29/h2-12,29H,14H2,1H3,(H,25,26)(H,27,28). The van der Waals surface area contributed by atoms with Crippen LogP contribution in [0.25, 0.3) is 22.4 Å². The van der Waals surface area contributed by atoms with Gasteiger partial charge in [0.15, 0.2) is 0 Å². The second-order valence-corrected chi connectivity index (χ2v) is 6.72. The zero-order valence-electron chi connectivity index (χ0n) is 15.8. The van der Waals surface area contributed by atoms with Crippen LogP contribution in [0.2, 0.25) is 0 Å². The zero-order chi connectivity index (χ0) is 20.2. The average molecular weight is 381 g/mol. The van der Waals surface area contributed by atoms with Crippen LogP contribution in [-0.4, -0.2) is 20.3 Å². The number of nitriles is 1. The SMILES string of the molecule is Cc1cc(C#N)ccc1-c1ccnc(NCc2cc(-c3ccccc3O)n[nH]2)c1. The van der Waals surface area contributed by atoms with E-state index in [0.717, 1.165) is 28.2 Å². The summed E-state index contributed by atoms with van der Waals surface area (Å²) >= 11 is 0. The largest absolute Gasteiger partial charge is 0.507 e. The summed E-state index contributed by atoms with van der Waals surface area (Å²) in [6.45, 7) is 2.51. The number of aryl methyl sites for hydroxylation is 1. The monoisotopic (exact) mass is 381 g/mol. The summed E-state index contributed by atoms with van der Waals surface area (Å²) in [4.78, 5) is 4.38. The Kier molecular flexibility index (Phi) is 4.95. The van der Waals surface area contributed by atoms with E-state index in [2.05, 4.69) is 26.6 Å². The third kappa shape index (κ3) is 3.94. The molecule has 29 heavy (non-hydrogen) atoms. The zero-order valence-corrected chi connectivity index (χ0v) is 15.8. The van der Waals surface area contributed by atoms with E-state index in [-0.39, 0.29) is 5.75 Å². The van der Waals surface area contributed by atoms with E-state index in [4.69, 9.17) is 5.26 Å². The molecule has 0 amide bonds. The second-order valence-electron chi connectivity index (χ2n) is 6.72. The first kappa shape index (κ1) is 18.3. The molecule has 0 aliphatic heterocycles. The van der Waals surface area contributed by atoms with Crippen LogP contribution in [0, 0.1) is 18.3 Å². The highest BCUT2D eigenvalue weighted by Gasteiger charge is 2.09. The Morgan fingerprint density at radius 2 is 1.93 bits per heavy atom. The van der Waals surface area contributed by atoms with Gasteiger partial charge < -0.3 is 10.4 Å². The number of aromatic hydroxyl groups is 1. The maximum atomic E-state index is 9.98. The average Bonchev–Trinajstić information content (AvgIpc) is 3.21. The maximum absolute atomic E-state index is 9.98. The van der Waals surface area contributed by atoms with Gasteiger partial charge in [-0.3, -0.25) is 5.10 Å². The van der Waals surface area contributed by atoms with E-state index in [1.54, 1.807) is 18.3 Å². The lowest BCUT2D eigenvalue weighted by Crippen LogP contribution is -2.01. The molecule has 0 atom stereocenters. The number of aromatic nitrogens is 3. The predicted octanol–water partition coefficient (Wildman–Crippen LogP) is 4.64. The van der Waals surface area contributed by atoms with Gasteiger partial charge in [-0.15, -0.1) is 0 Å². The summed E-state index contributed by atoms with van der Waals surface area (Å²) in [7, 11) is 0. The highest BCUT2D eigenvalue weighted by atomic mass is 16.3. The second kappa shape index (κ2) is 7.87. The van der Waals surface area contributed by atoms with Crippen molar-refractivity contribution in [3.05, 3.63) is 83.7 Å². The Labute approximate surface area is 168 Å². The summed E-state index contributed by atoms with van der Waals surface area (Å²) in [5.41, 5.74) is 6.05. The Balaban J connectivity index is 1.50. The number of pyridine rings is 1. The first-order valence-corrected chi connectivity index (χ1v) is 9.18. The lowest BCUT2D eigenvalue weighted by molar-refractivity contribution is 0.477.